The normalized spacial score (nSPS) is 36.8. The summed E-state index contributed by atoms with van der Waals surface area (Å²) in [4.78, 5) is 0. The highest BCUT2D eigenvalue weighted by Crippen LogP contribution is 1.83. The summed E-state index contributed by atoms with van der Waals surface area (Å²) in [5.41, 5.74) is 7.44. The monoisotopic (exact) mass is 177 g/mol. The van der Waals surface area contributed by atoms with E-state index < -0.39 is 0 Å². The van der Waals surface area contributed by atoms with Gasteiger partial charge in [-0.15, -0.1) is 0 Å². The third kappa shape index (κ3) is 2.31. The van der Waals surface area contributed by atoms with E-state index in [0.717, 1.165) is 0 Å². The van der Waals surface area contributed by atoms with Gasteiger partial charge >= 0.3 is 0 Å². The van der Waals surface area contributed by atoms with Gasteiger partial charge < -0.3 is 0 Å². The third-order valence-electron chi connectivity index (χ3n) is 1.50. The highest BCUT2D eigenvalue weighted by Gasteiger charge is 2.23. The van der Waals surface area contributed by atoms with Crippen molar-refractivity contribution < 1.29 is 0 Å². The number of hydrazine groups is 3. The van der Waals surface area contributed by atoms with Gasteiger partial charge in [-0.05, 0) is 0 Å². The van der Waals surface area contributed by atoms with Crippen molar-refractivity contribution in [3.63, 3.8) is 0 Å². The van der Waals surface area contributed by atoms with Crippen LogP contribution in [0.4, 0.5) is 0 Å². The van der Waals surface area contributed by atoms with E-state index >= 15 is 0 Å². The first kappa shape index (κ1) is 9.73. The molecule has 0 aromatic rings. The number of rotatable bonds is 3. The van der Waals surface area contributed by atoms with E-state index in [1.54, 1.807) is 0 Å². The van der Waals surface area contributed by atoms with E-state index in [4.69, 9.17) is 17.5 Å². The Morgan fingerprint density at radius 2 is 0.917 bits per heavy atom. The molecular formula is C3H15N9. The molecule has 12 N–H and O–H groups in total. The fraction of sp³-hybridized carbons (Fsp3) is 1.00. The minimum Gasteiger partial charge on any atom is -0.269 e. The Labute approximate surface area is 69.7 Å². The van der Waals surface area contributed by atoms with Crippen molar-refractivity contribution in [3.05, 3.63) is 0 Å². The van der Waals surface area contributed by atoms with Gasteiger partial charge in [0.1, 0.15) is 18.9 Å². The standard InChI is InChI=1S/C3H15N9/c4-10-1-7-2(11-5)9-3(8-1)12-6/h1-3,7-12H,4-6H2. The molecule has 0 unspecified atom stereocenters. The minimum atomic E-state index is -0.270. The summed E-state index contributed by atoms with van der Waals surface area (Å²) in [7, 11) is 0. The van der Waals surface area contributed by atoms with E-state index in [-0.39, 0.29) is 18.9 Å². The molecule has 0 bridgehead atoms. The van der Waals surface area contributed by atoms with E-state index in [0.29, 0.717) is 0 Å². The zero-order chi connectivity index (χ0) is 8.97. The van der Waals surface area contributed by atoms with Crippen LogP contribution in [0.3, 0.4) is 0 Å². The Hall–Kier alpha value is -0.360. The molecule has 1 fully saturated rings. The fourth-order valence-electron chi connectivity index (χ4n) is 0.933. The van der Waals surface area contributed by atoms with Gasteiger partial charge in [-0.1, -0.05) is 0 Å². The molecule has 1 saturated heterocycles. The number of hydrogen-bond acceptors (Lipinski definition) is 9. The molecule has 72 valence electrons. The van der Waals surface area contributed by atoms with E-state index in [2.05, 4.69) is 32.2 Å². The second kappa shape index (κ2) is 4.61. The van der Waals surface area contributed by atoms with Crippen molar-refractivity contribution in [2.24, 2.45) is 17.5 Å². The average molecular weight is 177 g/mol. The first-order chi connectivity index (χ1) is 5.80. The van der Waals surface area contributed by atoms with Crippen LogP contribution in [0.1, 0.15) is 0 Å². The van der Waals surface area contributed by atoms with Crippen LogP contribution < -0.4 is 49.8 Å². The van der Waals surface area contributed by atoms with Crippen LogP contribution in [0.2, 0.25) is 0 Å². The fourth-order valence-corrected chi connectivity index (χ4v) is 0.933. The van der Waals surface area contributed by atoms with Crippen LogP contribution in [0.5, 0.6) is 0 Å². The predicted molar refractivity (Wildman–Crippen MR) is 42.7 cm³/mol. The van der Waals surface area contributed by atoms with E-state index in [9.17, 15) is 0 Å². The molecule has 0 amide bonds. The molecule has 12 heavy (non-hydrogen) atoms. The van der Waals surface area contributed by atoms with Gasteiger partial charge in [0.15, 0.2) is 0 Å². The molecule has 0 saturated carbocycles. The third-order valence-corrected chi connectivity index (χ3v) is 1.50. The molecule has 0 atom stereocenters. The number of nitrogens with one attached hydrogen (secondary N) is 6. The number of hydrogen-bond donors (Lipinski definition) is 9. The van der Waals surface area contributed by atoms with Crippen LogP contribution in [0.25, 0.3) is 0 Å². The summed E-state index contributed by atoms with van der Waals surface area (Å²) >= 11 is 0. The van der Waals surface area contributed by atoms with Crippen LogP contribution in [0, 0.1) is 0 Å². The first-order valence-electron chi connectivity index (χ1n) is 3.46. The Kier molecular flexibility index (Phi) is 3.74. The molecule has 1 aliphatic rings. The minimum absolute atomic E-state index is 0.270. The highest BCUT2D eigenvalue weighted by atomic mass is 15.6. The van der Waals surface area contributed by atoms with E-state index in [1.165, 1.54) is 0 Å². The Bertz CT molecular complexity index is 97.2. The van der Waals surface area contributed by atoms with Gasteiger partial charge in [-0.25, -0.2) is 16.3 Å². The lowest BCUT2D eigenvalue weighted by Crippen LogP contribution is -2.79. The van der Waals surface area contributed by atoms with Crippen molar-refractivity contribution in [2.45, 2.75) is 18.9 Å². The van der Waals surface area contributed by atoms with Gasteiger partial charge in [-0.2, -0.15) is 0 Å². The molecule has 0 aromatic heterocycles. The summed E-state index contributed by atoms with van der Waals surface area (Å²) in [6, 6.07) is 0. The van der Waals surface area contributed by atoms with Crippen LogP contribution in [-0.2, 0) is 0 Å². The van der Waals surface area contributed by atoms with Gasteiger partial charge in [0.05, 0.1) is 0 Å². The lowest BCUT2D eigenvalue weighted by molar-refractivity contribution is 0.135. The topological polar surface area (TPSA) is 150 Å². The lowest BCUT2D eigenvalue weighted by Gasteiger charge is -2.37. The number of nitrogens with two attached hydrogens (primary N) is 3. The molecule has 1 rings (SSSR count). The molecule has 9 nitrogen and oxygen atoms in total. The summed E-state index contributed by atoms with van der Waals surface area (Å²) in [6.45, 7) is 0. The predicted octanol–water partition coefficient (Wildman–Crippen LogP) is -4.99. The molecule has 9 heteroatoms. The second-order valence-electron chi connectivity index (χ2n) is 2.30. The maximum atomic E-state index is 5.20. The van der Waals surface area contributed by atoms with Gasteiger partial charge in [-0.3, -0.25) is 33.5 Å². The molecule has 0 aromatic carbocycles. The molecule has 1 heterocycles. The quantitative estimate of drug-likeness (QED) is 0.152. The summed E-state index contributed by atoms with van der Waals surface area (Å²) in [5, 5.41) is 8.78. The van der Waals surface area contributed by atoms with Gasteiger partial charge in [0, 0.05) is 0 Å². The summed E-state index contributed by atoms with van der Waals surface area (Å²) in [6.07, 6.45) is -0.810. The van der Waals surface area contributed by atoms with Crippen molar-refractivity contribution in [3.8, 4) is 0 Å². The summed E-state index contributed by atoms with van der Waals surface area (Å²) < 4.78 is 0. The largest absolute Gasteiger partial charge is 0.269 e. The first-order valence-corrected chi connectivity index (χ1v) is 3.46. The second-order valence-corrected chi connectivity index (χ2v) is 2.30. The van der Waals surface area contributed by atoms with Crippen LogP contribution in [0.15, 0.2) is 0 Å². The van der Waals surface area contributed by atoms with Crippen molar-refractivity contribution in [1.29, 1.82) is 0 Å². The molecular weight excluding hydrogens is 162 g/mol. The Morgan fingerprint density at radius 3 is 1.08 bits per heavy atom. The Balaban J connectivity index is 2.41. The van der Waals surface area contributed by atoms with Crippen molar-refractivity contribution >= 4 is 0 Å². The SMILES string of the molecule is NNC1NC(NN)NC(NN)N1. The van der Waals surface area contributed by atoms with Crippen LogP contribution >= 0.6 is 0 Å². The molecule has 0 aliphatic carbocycles. The molecule has 0 spiro atoms. The van der Waals surface area contributed by atoms with Crippen molar-refractivity contribution in [2.75, 3.05) is 0 Å². The van der Waals surface area contributed by atoms with Crippen molar-refractivity contribution in [1.82, 2.24) is 32.2 Å². The van der Waals surface area contributed by atoms with Gasteiger partial charge in [0.25, 0.3) is 0 Å². The lowest BCUT2D eigenvalue weighted by atomic mass is 10.5. The Morgan fingerprint density at radius 1 is 0.667 bits per heavy atom. The zero-order valence-electron chi connectivity index (χ0n) is 6.46. The molecule has 0 radical (unpaired) electrons. The smallest absolute Gasteiger partial charge is 0.128 e. The zero-order valence-corrected chi connectivity index (χ0v) is 6.46. The average Bonchev–Trinajstić information content (AvgIpc) is 2.16. The van der Waals surface area contributed by atoms with Crippen LogP contribution in [-0.4, -0.2) is 18.9 Å². The maximum Gasteiger partial charge on any atom is 0.128 e. The summed E-state index contributed by atoms with van der Waals surface area (Å²) in [5.74, 6) is 15.6. The highest BCUT2D eigenvalue weighted by molar-refractivity contribution is 4.75. The maximum absolute atomic E-state index is 5.20. The van der Waals surface area contributed by atoms with Gasteiger partial charge in [0.2, 0.25) is 0 Å². The molecule has 1 aliphatic heterocycles. The van der Waals surface area contributed by atoms with E-state index in [1.807, 2.05) is 0 Å².